The maximum Gasteiger partial charge on any atom is 0.261 e. The minimum Gasteiger partial charge on any atom is -0.375 e. The summed E-state index contributed by atoms with van der Waals surface area (Å²) in [5, 5.41) is 4.63. The molecule has 2 rings (SSSR count). The summed E-state index contributed by atoms with van der Waals surface area (Å²) < 4.78 is 5.54. The molecule has 1 aliphatic rings. The Labute approximate surface area is 122 Å². The topological polar surface area (TPSA) is 58.6 Å². The summed E-state index contributed by atoms with van der Waals surface area (Å²) in [4.78, 5) is 26.3. The van der Waals surface area contributed by atoms with Crippen LogP contribution in [0, 0.1) is 0 Å². The molecule has 2 heterocycles. The molecule has 1 unspecified atom stereocenters. The van der Waals surface area contributed by atoms with Gasteiger partial charge in [-0.1, -0.05) is 13.0 Å². The van der Waals surface area contributed by atoms with E-state index in [2.05, 4.69) is 12.2 Å². The number of hydrogen-bond acceptors (Lipinski definition) is 4. The van der Waals surface area contributed by atoms with Crippen LogP contribution in [-0.4, -0.2) is 49.1 Å². The molecule has 110 valence electrons. The van der Waals surface area contributed by atoms with Crippen molar-refractivity contribution in [1.29, 1.82) is 0 Å². The molecule has 6 heteroatoms. The molecule has 0 aliphatic carbocycles. The zero-order valence-electron chi connectivity index (χ0n) is 11.6. The fourth-order valence-corrected chi connectivity index (χ4v) is 2.77. The number of thiophene rings is 1. The van der Waals surface area contributed by atoms with Crippen LogP contribution in [0.1, 0.15) is 29.4 Å². The molecule has 0 bridgehead atoms. The van der Waals surface area contributed by atoms with Crippen LogP contribution in [-0.2, 0) is 9.53 Å². The van der Waals surface area contributed by atoms with Gasteiger partial charge in [-0.2, -0.15) is 0 Å². The first-order chi connectivity index (χ1) is 9.70. The average molecular weight is 296 g/mol. The Bertz CT molecular complexity index is 447. The molecule has 1 atom stereocenters. The van der Waals surface area contributed by atoms with Crippen LogP contribution in [0.4, 0.5) is 0 Å². The first-order valence-electron chi connectivity index (χ1n) is 6.91. The number of rotatable bonds is 5. The molecule has 20 heavy (non-hydrogen) atoms. The zero-order valence-corrected chi connectivity index (χ0v) is 12.4. The van der Waals surface area contributed by atoms with Crippen LogP contribution in [0.2, 0.25) is 0 Å². The third-order valence-electron chi connectivity index (χ3n) is 3.32. The monoisotopic (exact) mass is 296 g/mol. The van der Waals surface area contributed by atoms with Gasteiger partial charge in [-0.25, -0.2) is 0 Å². The molecule has 1 aliphatic heterocycles. The van der Waals surface area contributed by atoms with Gasteiger partial charge >= 0.3 is 0 Å². The number of morpholine rings is 1. The van der Waals surface area contributed by atoms with Gasteiger partial charge in [0.05, 0.1) is 17.6 Å². The van der Waals surface area contributed by atoms with E-state index in [1.165, 1.54) is 11.3 Å². The van der Waals surface area contributed by atoms with Crippen LogP contribution < -0.4 is 5.32 Å². The van der Waals surface area contributed by atoms with Crippen LogP contribution in [0.5, 0.6) is 0 Å². The van der Waals surface area contributed by atoms with E-state index in [0.717, 1.165) is 6.42 Å². The van der Waals surface area contributed by atoms with Crippen LogP contribution in [0.15, 0.2) is 17.5 Å². The fourth-order valence-electron chi connectivity index (χ4n) is 2.13. The second-order valence-corrected chi connectivity index (χ2v) is 5.67. The van der Waals surface area contributed by atoms with Crippen molar-refractivity contribution in [3.8, 4) is 0 Å². The summed E-state index contributed by atoms with van der Waals surface area (Å²) >= 11 is 1.40. The van der Waals surface area contributed by atoms with Gasteiger partial charge in [-0.05, 0) is 17.9 Å². The standard InChI is InChI=1S/C14H20N2O3S/c1-2-11-10-16(7-8-19-11)13(17)5-6-15-14(18)12-4-3-9-20-12/h3-4,9,11H,2,5-8,10H2,1H3,(H,15,18). The molecule has 0 aromatic carbocycles. The Balaban J connectivity index is 1.71. The SMILES string of the molecule is CCC1CN(C(=O)CCNC(=O)c2cccs2)CCO1. The van der Waals surface area contributed by atoms with Crippen molar-refractivity contribution in [3.05, 3.63) is 22.4 Å². The lowest BCUT2D eigenvalue weighted by atomic mass is 10.2. The van der Waals surface area contributed by atoms with Gasteiger partial charge in [-0.15, -0.1) is 11.3 Å². The number of amides is 2. The molecule has 1 saturated heterocycles. The average Bonchev–Trinajstić information content (AvgIpc) is 3.01. The van der Waals surface area contributed by atoms with Crippen LogP contribution >= 0.6 is 11.3 Å². The van der Waals surface area contributed by atoms with Crippen molar-refractivity contribution in [3.63, 3.8) is 0 Å². The van der Waals surface area contributed by atoms with Gasteiger partial charge in [0.2, 0.25) is 5.91 Å². The highest BCUT2D eigenvalue weighted by Gasteiger charge is 2.22. The van der Waals surface area contributed by atoms with E-state index in [9.17, 15) is 9.59 Å². The number of hydrogen-bond donors (Lipinski definition) is 1. The Kier molecular flexibility index (Phi) is 5.55. The van der Waals surface area contributed by atoms with Gasteiger partial charge in [-0.3, -0.25) is 9.59 Å². The molecule has 1 aromatic rings. The molecule has 0 spiro atoms. The number of nitrogens with zero attached hydrogens (tertiary/aromatic N) is 1. The molecular formula is C14H20N2O3S. The Morgan fingerprint density at radius 2 is 2.40 bits per heavy atom. The largest absolute Gasteiger partial charge is 0.375 e. The number of carbonyl (C=O) groups excluding carboxylic acids is 2. The molecule has 1 aromatic heterocycles. The molecule has 2 amide bonds. The lowest BCUT2D eigenvalue weighted by molar-refractivity contribution is -0.138. The van der Waals surface area contributed by atoms with Gasteiger partial charge in [0.1, 0.15) is 0 Å². The molecule has 1 N–H and O–H groups in total. The van der Waals surface area contributed by atoms with Crippen molar-refractivity contribution < 1.29 is 14.3 Å². The van der Waals surface area contributed by atoms with E-state index < -0.39 is 0 Å². The fraction of sp³-hybridized carbons (Fsp3) is 0.571. The molecule has 1 fully saturated rings. The Morgan fingerprint density at radius 3 is 3.10 bits per heavy atom. The summed E-state index contributed by atoms with van der Waals surface area (Å²) in [5.41, 5.74) is 0. The van der Waals surface area contributed by atoms with E-state index in [-0.39, 0.29) is 17.9 Å². The molecular weight excluding hydrogens is 276 g/mol. The van der Waals surface area contributed by atoms with Crippen LogP contribution in [0.25, 0.3) is 0 Å². The second kappa shape index (κ2) is 7.40. The van der Waals surface area contributed by atoms with E-state index in [0.29, 0.717) is 37.5 Å². The lowest BCUT2D eigenvalue weighted by Gasteiger charge is -2.32. The van der Waals surface area contributed by atoms with E-state index in [1.54, 1.807) is 6.07 Å². The first kappa shape index (κ1) is 15.0. The van der Waals surface area contributed by atoms with Gasteiger partial charge in [0.15, 0.2) is 0 Å². The van der Waals surface area contributed by atoms with Crippen molar-refractivity contribution in [2.45, 2.75) is 25.9 Å². The summed E-state index contributed by atoms with van der Waals surface area (Å²) in [5.74, 6) is -0.0283. The lowest BCUT2D eigenvalue weighted by Crippen LogP contribution is -2.46. The first-order valence-corrected chi connectivity index (χ1v) is 7.79. The maximum atomic E-state index is 12.0. The van der Waals surface area contributed by atoms with E-state index in [4.69, 9.17) is 4.74 Å². The van der Waals surface area contributed by atoms with Gasteiger partial charge in [0.25, 0.3) is 5.91 Å². The third-order valence-corrected chi connectivity index (χ3v) is 4.18. The minimum atomic E-state index is -0.110. The summed E-state index contributed by atoms with van der Waals surface area (Å²) in [6.07, 6.45) is 1.40. The number of ether oxygens (including phenoxy) is 1. The van der Waals surface area contributed by atoms with E-state index >= 15 is 0 Å². The predicted molar refractivity (Wildman–Crippen MR) is 77.9 cm³/mol. The number of carbonyl (C=O) groups is 2. The number of nitrogens with one attached hydrogen (secondary N) is 1. The minimum absolute atomic E-state index is 0.0817. The normalized spacial score (nSPS) is 18.9. The predicted octanol–water partition coefficient (Wildman–Crippen LogP) is 1.51. The second-order valence-electron chi connectivity index (χ2n) is 4.72. The quantitative estimate of drug-likeness (QED) is 0.896. The summed E-state index contributed by atoms with van der Waals surface area (Å²) in [6, 6.07) is 3.61. The van der Waals surface area contributed by atoms with Crippen LogP contribution in [0.3, 0.4) is 0 Å². The van der Waals surface area contributed by atoms with Crippen molar-refractivity contribution >= 4 is 23.2 Å². The van der Waals surface area contributed by atoms with Gasteiger partial charge in [0, 0.05) is 26.1 Å². The van der Waals surface area contributed by atoms with E-state index in [1.807, 2.05) is 16.3 Å². The summed E-state index contributed by atoms with van der Waals surface area (Å²) in [6.45, 7) is 4.35. The Hall–Kier alpha value is -1.40. The van der Waals surface area contributed by atoms with Crippen molar-refractivity contribution in [2.24, 2.45) is 0 Å². The van der Waals surface area contributed by atoms with Crippen molar-refractivity contribution in [1.82, 2.24) is 10.2 Å². The highest BCUT2D eigenvalue weighted by Crippen LogP contribution is 2.10. The summed E-state index contributed by atoms with van der Waals surface area (Å²) in [7, 11) is 0. The molecule has 5 nitrogen and oxygen atoms in total. The third kappa shape index (κ3) is 4.05. The zero-order chi connectivity index (χ0) is 14.4. The highest BCUT2D eigenvalue weighted by atomic mass is 32.1. The van der Waals surface area contributed by atoms with Crippen molar-refractivity contribution in [2.75, 3.05) is 26.2 Å². The smallest absolute Gasteiger partial charge is 0.261 e. The molecule has 0 radical (unpaired) electrons. The Morgan fingerprint density at radius 1 is 1.55 bits per heavy atom. The maximum absolute atomic E-state index is 12.0. The highest BCUT2D eigenvalue weighted by molar-refractivity contribution is 7.12. The molecule has 0 saturated carbocycles. The van der Waals surface area contributed by atoms with Gasteiger partial charge < -0.3 is 15.0 Å².